The summed E-state index contributed by atoms with van der Waals surface area (Å²) >= 11 is 0. The molecule has 0 bridgehead atoms. The molecule has 0 N–H and O–H groups in total. The van der Waals surface area contributed by atoms with Crippen LogP contribution in [-0.2, 0) is 9.47 Å². The summed E-state index contributed by atoms with van der Waals surface area (Å²) in [5.74, 6) is 0.0397. The van der Waals surface area contributed by atoms with Crippen LogP contribution in [0.5, 0.6) is 5.75 Å². The van der Waals surface area contributed by atoms with Gasteiger partial charge in [-0.05, 0) is 12.1 Å². The van der Waals surface area contributed by atoms with Crippen LogP contribution in [0.3, 0.4) is 0 Å². The van der Waals surface area contributed by atoms with Crippen molar-refractivity contribution < 1.29 is 19.0 Å². The van der Waals surface area contributed by atoms with Crippen LogP contribution >= 0.6 is 0 Å². The van der Waals surface area contributed by atoms with E-state index < -0.39 is 5.97 Å². The van der Waals surface area contributed by atoms with E-state index in [-0.39, 0.29) is 6.79 Å². The molecule has 0 amide bonds. The normalized spacial score (nSPS) is 9.57. The number of hydrogen-bond acceptors (Lipinski definition) is 4. The van der Waals surface area contributed by atoms with Crippen LogP contribution in [0.1, 0.15) is 10.4 Å². The van der Waals surface area contributed by atoms with Crippen molar-refractivity contribution in [1.82, 2.24) is 0 Å². The number of para-hydroxylation sites is 1. The van der Waals surface area contributed by atoms with Gasteiger partial charge >= 0.3 is 5.97 Å². The molecule has 76 valence electrons. The lowest BCUT2D eigenvalue weighted by atomic mass is 10.2. The number of methoxy groups -OCH3 is 2. The van der Waals surface area contributed by atoms with Crippen molar-refractivity contribution in [2.75, 3.05) is 21.0 Å². The van der Waals surface area contributed by atoms with Gasteiger partial charge in [0.05, 0.1) is 7.11 Å². The fourth-order valence-corrected chi connectivity index (χ4v) is 1.00. The summed E-state index contributed by atoms with van der Waals surface area (Å²) in [4.78, 5) is 11.4. The van der Waals surface area contributed by atoms with Gasteiger partial charge in [-0.1, -0.05) is 12.1 Å². The van der Waals surface area contributed by atoms with Gasteiger partial charge in [-0.3, -0.25) is 0 Å². The predicted molar refractivity (Wildman–Crippen MR) is 50.3 cm³/mol. The van der Waals surface area contributed by atoms with Gasteiger partial charge < -0.3 is 14.2 Å². The number of benzene rings is 1. The van der Waals surface area contributed by atoms with Crippen LogP contribution in [-0.4, -0.2) is 27.0 Å². The summed E-state index contributed by atoms with van der Waals surface area (Å²) in [7, 11) is 2.96. The van der Waals surface area contributed by atoms with E-state index in [4.69, 9.17) is 9.47 Å². The SMILES string of the molecule is COCOC(=O)c1ccccc1OC. The standard InChI is InChI=1S/C10H12O4/c1-12-7-14-10(11)8-5-3-4-6-9(8)13-2/h3-6H,7H2,1-2H3. The maximum atomic E-state index is 11.4. The van der Waals surface area contributed by atoms with Gasteiger partial charge in [0.2, 0.25) is 0 Å². The average molecular weight is 196 g/mol. The molecule has 0 unspecified atom stereocenters. The highest BCUT2D eigenvalue weighted by Crippen LogP contribution is 2.17. The van der Waals surface area contributed by atoms with Gasteiger partial charge in [-0.15, -0.1) is 0 Å². The van der Waals surface area contributed by atoms with Crippen LogP contribution in [0.25, 0.3) is 0 Å². The van der Waals surface area contributed by atoms with Gasteiger partial charge in [0.25, 0.3) is 0 Å². The van der Waals surface area contributed by atoms with E-state index in [2.05, 4.69) is 4.74 Å². The number of carbonyl (C=O) groups excluding carboxylic acids is 1. The Morgan fingerprint density at radius 1 is 1.29 bits per heavy atom. The molecule has 1 aromatic carbocycles. The molecular weight excluding hydrogens is 184 g/mol. The summed E-state index contributed by atoms with van der Waals surface area (Å²) in [5.41, 5.74) is 0.395. The molecule has 0 aliphatic rings. The lowest BCUT2D eigenvalue weighted by Gasteiger charge is -2.07. The van der Waals surface area contributed by atoms with Gasteiger partial charge in [0.15, 0.2) is 6.79 Å². The van der Waals surface area contributed by atoms with Crippen LogP contribution in [0.4, 0.5) is 0 Å². The van der Waals surface area contributed by atoms with E-state index >= 15 is 0 Å². The van der Waals surface area contributed by atoms with Crippen molar-refractivity contribution in [2.24, 2.45) is 0 Å². The van der Waals surface area contributed by atoms with Crippen molar-refractivity contribution in [2.45, 2.75) is 0 Å². The first kappa shape index (κ1) is 10.5. The Labute approximate surface area is 82.4 Å². The molecular formula is C10H12O4. The van der Waals surface area contributed by atoms with E-state index in [0.29, 0.717) is 11.3 Å². The summed E-state index contributed by atoms with van der Waals surface area (Å²) in [6, 6.07) is 6.86. The number of rotatable bonds is 4. The first-order valence-corrected chi connectivity index (χ1v) is 4.08. The maximum Gasteiger partial charge on any atom is 0.344 e. The zero-order valence-corrected chi connectivity index (χ0v) is 8.15. The predicted octanol–water partition coefficient (Wildman–Crippen LogP) is 1.46. The second kappa shape index (κ2) is 5.24. The highest BCUT2D eigenvalue weighted by atomic mass is 16.7. The molecule has 1 rings (SSSR count). The fraction of sp³-hybridized carbons (Fsp3) is 0.300. The molecule has 0 aromatic heterocycles. The van der Waals surface area contributed by atoms with Crippen LogP contribution in [0, 0.1) is 0 Å². The van der Waals surface area contributed by atoms with E-state index in [1.807, 2.05) is 0 Å². The minimum Gasteiger partial charge on any atom is -0.496 e. The Bertz CT molecular complexity index is 309. The molecule has 0 aliphatic heterocycles. The Morgan fingerprint density at radius 2 is 2.00 bits per heavy atom. The first-order valence-electron chi connectivity index (χ1n) is 4.08. The van der Waals surface area contributed by atoms with Gasteiger partial charge in [0, 0.05) is 7.11 Å². The Balaban J connectivity index is 2.78. The molecule has 0 saturated heterocycles. The topological polar surface area (TPSA) is 44.8 Å². The summed E-state index contributed by atoms with van der Waals surface area (Å²) in [5, 5.41) is 0. The van der Waals surface area contributed by atoms with Crippen molar-refractivity contribution in [3.63, 3.8) is 0 Å². The molecule has 4 heteroatoms. The second-order valence-electron chi connectivity index (χ2n) is 2.54. The van der Waals surface area contributed by atoms with E-state index in [0.717, 1.165) is 0 Å². The average Bonchev–Trinajstić information content (AvgIpc) is 2.25. The third-order valence-electron chi connectivity index (χ3n) is 1.63. The van der Waals surface area contributed by atoms with Gasteiger partial charge in [-0.2, -0.15) is 0 Å². The van der Waals surface area contributed by atoms with E-state index in [9.17, 15) is 4.79 Å². The largest absolute Gasteiger partial charge is 0.496 e. The molecule has 1 aromatic rings. The zero-order valence-electron chi connectivity index (χ0n) is 8.15. The molecule has 0 radical (unpaired) electrons. The van der Waals surface area contributed by atoms with Crippen molar-refractivity contribution in [3.8, 4) is 5.75 Å². The zero-order chi connectivity index (χ0) is 10.4. The third kappa shape index (κ3) is 2.47. The number of esters is 1. The monoisotopic (exact) mass is 196 g/mol. The van der Waals surface area contributed by atoms with Gasteiger partial charge in [-0.25, -0.2) is 4.79 Å². The highest BCUT2D eigenvalue weighted by Gasteiger charge is 2.11. The minimum absolute atomic E-state index is 0.0586. The highest BCUT2D eigenvalue weighted by molar-refractivity contribution is 5.92. The van der Waals surface area contributed by atoms with E-state index in [1.165, 1.54) is 14.2 Å². The van der Waals surface area contributed by atoms with Crippen molar-refractivity contribution in [3.05, 3.63) is 29.8 Å². The number of hydrogen-bond donors (Lipinski definition) is 0. The molecule has 4 nitrogen and oxygen atoms in total. The fourth-order valence-electron chi connectivity index (χ4n) is 1.00. The Morgan fingerprint density at radius 3 is 2.64 bits per heavy atom. The first-order chi connectivity index (χ1) is 6.79. The van der Waals surface area contributed by atoms with Crippen LogP contribution < -0.4 is 4.74 Å². The Hall–Kier alpha value is -1.55. The Kier molecular flexibility index (Phi) is 3.94. The molecule has 0 fully saturated rings. The molecule has 14 heavy (non-hydrogen) atoms. The quantitative estimate of drug-likeness (QED) is 0.540. The van der Waals surface area contributed by atoms with Crippen LogP contribution in [0.15, 0.2) is 24.3 Å². The number of ether oxygens (including phenoxy) is 3. The summed E-state index contributed by atoms with van der Waals surface area (Å²) in [6.07, 6.45) is 0. The van der Waals surface area contributed by atoms with Crippen molar-refractivity contribution >= 4 is 5.97 Å². The van der Waals surface area contributed by atoms with E-state index in [1.54, 1.807) is 24.3 Å². The maximum absolute atomic E-state index is 11.4. The smallest absolute Gasteiger partial charge is 0.344 e. The van der Waals surface area contributed by atoms with Crippen molar-refractivity contribution in [1.29, 1.82) is 0 Å². The molecule has 0 spiro atoms. The number of carbonyl (C=O) groups is 1. The second-order valence-corrected chi connectivity index (χ2v) is 2.54. The lowest BCUT2D eigenvalue weighted by Crippen LogP contribution is -2.08. The molecule has 0 saturated carbocycles. The lowest BCUT2D eigenvalue weighted by molar-refractivity contribution is -0.0127. The summed E-state index contributed by atoms with van der Waals surface area (Å²) < 4.78 is 14.4. The van der Waals surface area contributed by atoms with Gasteiger partial charge in [0.1, 0.15) is 11.3 Å². The molecule has 0 atom stereocenters. The van der Waals surface area contributed by atoms with Crippen LogP contribution in [0.2, 0.25) is 0 Å². The molecule has 0 aliphatic carbocycles. The third-order valence-corrected chi connectivity index (χ3v) is 1.63. The molecule has 0 heterocycles. The minimum atomic E-state index is -0.454. The summed E-state index contributed by atoms with van der Waals surface area (Å²) in [6.45, 7) is -0.0586.